The molecular formula is C8H21O7PS2. The van der Waals surface area contributed by atoms with E-state index in [1.807, 2.05) is 0 Å². The first-order valence-electron chi connectivity index (χ1n) is 5.00. The number of hydrogen-bond donors (Lipinski definition) is 2. The molecule has 0 aromatic rings. The molecule has 0 bridgehead atoms. The fourth-order valence-electron chi connectivity index (χ4n) is 1.06. The number of phosphoric acid groups is 1. The maximum absolute atomic E-state index is 11.2. The number of rotatable bonds is 7. The molecular weight excluding hydrogens is 303 g/mol. The van der Waals surface area contributed by atoms with E-state index in [0.717, 1.165) is 6.26 Å². The van der Waals surface area contributed by atoms with Crippen molar-refractivity contribution in [2.24, 2.45) is 0 Å². The van der Waals surface area contributed by atoms with Crippen LogP contribution in [0.5, 0.6) is 0 Å². The van der Waals surface area contributed by atoms with Crippen LogP contribution in [0.2, 0.25) is 0 Å². The minimum atomic E-state index is -4.49. The van der Waals surface area contributed by atoms with Gasteiger partial charge in [0, 0.05) is 4.75 Å². The second-order valence-electron chi connectivity index (χ2n) is 4.84. The van der Waals surface area contributed by atoms with Crippen LogP contribution in [0.4, 0.5) is 0 Å². The minimum absolute atomic E-state index is 0.166. The molecule has 112 valence electrons. The standard InChI is InChI=1S/C8H21O7PS2/c1-8(2,6-7-14-16(9,10)11)17(3,4)15-18(5,12)13/h6-7H2,1-5H3,(H2,9,10,11). The normalized spacial score (nSPS) is 15.7. The van der Waals surface area contributed by atoms with Gasteiger partial charge in [-0.1, -0.05) is 13.8 Å². The van der Waals surface area contributed by atoms with Crippen molar-refractivity contribution in [2.75, 3.05) is 25.4 Å². The molecule has 0 radical (unpaired) electrons. The summed E-state index contributed by atoms with van der Waals surface area (Å²) < 4.78 is 41.8. The fraction of sp³-hybridized carbons (Fsp3) is 1.00. The van der Waals surface area contributed by atoms with Crippen molar-refractivity contribution in [3.63, 3.8) is 0 Å². The van der Waals surface area contributed by atoms with E-state index >= 15 is 0 Å². The molecule has 0 aliphatic carbocycles. The second-order valence-corrected chi connectivity index (χ2v) is 11.6. The zero-order valence-electron chi connectivity index (χ0n) is 11.1. The van der Waals surface area contributed by atoms with Gasteiger partial charge in [-0.05, 0) is 18.9 Å². The molecule has 0 spiro atoms. The van der Waals surface area contributed by atoms with Crippen LogP contribution in [-0.4, -0.2) is 48.3 Å². The van der Waals surface area contributed by atoms with Crippen LogP contribution in [0.1, 0.15) is 20.3 Å². The summed E-state index contributed by atoms with van der Waals surface area (Å²) in [5.41, 5.74) is 0. The van der Waals surface area contributed by atoms with E-state index in [1.165, 1.54) is 0 Å². The van der Waals surface area contributed by atoms with E-state index in [2.05, 4.69) is 4.52 Å². The molecule has 2 N–H and O–H groups in total. The van der Waals surface area contributed by atoms with Crippen LogP contribution in [0.15, 0.2) is 0 Å². The van der Waals surface area contributed by atoms with Gasteiger partial charge in [0.2, 0.25) is 0 Å². The zero-order valence-corrected chi connectivity index (χ0v) is 13.6. The zero-order chi connectivity index (χ0) is 14.8. The highest BCUT2D eigenvalue weighted by Crippen LogP contribution is 2.57. The van der Waals surface area contributed by atoms with Crippen LogP contribution < -0.4 is 0 Å². The Morgan fingerprint density at radius 2 is 1.61 bits per heavy atom. The van der Waals surface area contributed by atoms with E-state index in [-0.39, 0.29) is 13.0 Å². The highest BCUT2D eigenvalue weighted by molar-refractivity contribution is 8.32. The van der Waals surface area contributed by atoms with Gasteiger partial charge in [-0.25, -0.2) is 8.19 Å². The largest absolute Gasteiger partial charge is 0.469 e. The topological polar surface area (TPSA) is 110 Å². The predicted molar refractivity (Wildman–Crippen MR) is 72.1 cm³/mol. The second kappa shape index (κ2) is 5.78. The van der Waals surface area contributed by atoms with Gasteiger partial charge in [-0.3, -0.25) is 4.52 Å². The minimum Gasteiger partial charge on any atom is -0.303 e. The van der Waals surface area contributed by atoms with Gasteiger partial charge < -0.3 is 9.79 Å². The highest BCUT2D eigenvalue weighted by Gasteiger charge is 2.36. The summed E-state index contributed by atoms with van der Waals surface area (Å²) in [5, 5.41) is 0. The molecule has 10 heteroatoms. The molecule has 0 amide bonds. The molecule has 0 rings (SSSR count). The Bertz CT molecular complexity index is 423. The van der Waals surface area contributed by atoms with Crippen molar-refractivity contribution in [2.45, 2.75) is 25.0 Å². The summed E-state index contributed by atoms with van der Waals surface area (Å²) in [7, 11) is -10.0. The van der Waals surface area contributed by atoms with Gasteiger partial charge >= 0.3 is 7.82 Å². The molecule has 0 unspecified atom stereocenters. The number of phosphoric ester groups is 1. The van der Waals surface area contributed by atoms with Crippen LogP contribution >= 0.6 is 18.1 Å². The van der Waals surface area contributed by atoms with E-state index in [9.17, 15) is 13.0 Å². The van der Waals surface area contributed by atoms with Crippen molar-refractivity contribution in [3.05, 3.63) is 0 Å². The summed E-state index contributed by atoms with van der Waals surface area (Å²) in [6.45, 7) is 3.38. The van der Waals surface area contributed by atoms with Crippen LogP contribution in [0.3, 0.4) is 0 Å². The van der Waals surface area contributed by atoms with Gasteiger partial charge in [0.15, 0.2) is 0 Å². The van der Waals surface area contributed by atoms with E-state index in [1.54, 1.807) is 26.4 Å². The lowest BCUT2D eigenvalue weighted by Crippen LogP contribution is -2.31. The van der Waals surface area contributed by atoms with E-state index in [4.69, 9.17) is 13.4 Å². The molecule has 7 nitrogen and oxygen atoms in total. The van der Waals surface area contributed by atoms with Gasteiger partial charge in [0.05, 0.1) is 12.9 Å². The SMILES string of the molecule is CC(C)(CCOP(=O)(O)O)S(C)(C)OS(C)(=O)=O. The molecule has 0 aliphatic heterocycles. The van der Waals surface area contributed by atoms with Gasteiger partial charge in [0.25, 0.3) is 10.1 Å². The van der Waals surface area contributed by atoms with Gasteiger partial charge in [-0.2, -0.15) is 8.42 Å². The lowest BCUT2D eigenvalue weighted by Gasteiger charge is -2.44. The lowest BCUT2D eigenvalue weighted by atomic mass is 10.1. The third kappa shape index (κ3) is 7.08. The van der Waals surface area contributed by atoms with Crippen molar-refractivity contribution in [3.8, 4) is 0 Å². The van der Waals surface area contributed by atoms with Crippen LogP contribution in [0.25, 0.3) is 0 Å². The average Bonchev–Trinajstić information content (AvgIpc) is 1.94. The average molecular weight is 324 g/mol. The molecule has 0 atom stereocenters. The molecule has 0 fully saturated rings. The Morgan fingerprint density at radius 1 is 1.17 bits per heavy atom. The summed E-state index contributed by atoms with van der Waals surface area (Å²) >= 11 is 0. The first-order chi connectivity index (χ1) is 7.66. The van der Waals surface area contributed by atoms with Gasteiger partial charge in [0.1, 0.15) is 0 Å². The molecule has 0 aromatic heterocycles. The summed E-state index contributed by atoms with van der Waals surface area (Å²) in [6.07, 6.45) is 4.62. The third-order valence-corrected chi connectivity index (χ3v) is 8.32. The Balaban J connectivity index is 4.66. The molecule has 0 saturated heterocycles. The Morgan fingerprint density at radius 3 is 1.94 bits per heavy atom. The molecule has 18 heavy (non-hydrogen) atoms. The first-order valence-corrected chi connectivity index (χ1v) is 10.7. The summed E-state index contributed by atoms with van der Waals surface area (Å²) in [4.78, 5) is 17.1. The van der Waals surface area contributed by atoms with Crippen molar-refractivity contribution < 1.29 is 30.9 Å². The molecule has 0 heterocycles. The van der Waals surface area contributed by atoms with E-state index < -0.39 is 33.0 Å². The predicted octanol–water partition coefficient (Wildman–Crippen LogP) is 1.22. The number of hydrogen-bond acceptors (Lipinski definition) is 5. The van der Waals surface area contributed by atoms with Crippen molar-refractivity contribution in [1.29, 1.82) is 0 Å². The van der Waals surface area contributed by atoms with Gasteiger partial charge in [-0.15, -0.1) is 10.3 Å². The Labute approximate surface area is 110 Å². The molecule has 0 aromatic carbocycles. The third-order valence-electron chi connectivity index (χ3n) is 2.59. The first kappa shape index (κ1) is 18.4. The van der Waals surface area contributed by atoms with Crippen molar-refractivity contribution in [1.82, 2.24) is 0 Å². The van der Waals surface area contributed by atoms with E-state index in [0.29, 0.717) is 0 Å². The Hall–Kier alpha value is 0.370. The maximum atomic E-state index is 11.2. The maximum Gasteiger partial charge on any atom is 0.469 e. The summed E-state index contributed by atoms with van der Waals surface area (Å²) in [6, 6.07) is 0. The van der Waals surface area contributed by atoms with Crippen LogP contribution in [0, 0.1) is 0 Å². The quantitative estimate of drug-likeness (QED) is 0.677. The molecule has 0 saturated carbocycles. The lowest BCUT2D eigenvalue weighted by molar-refractivity contribution is 0.190. The molecule has 0 aliphatic rings. The summed E-state index contributed by atoms with van der Waals surface area (Å²) in [5.74, 6) is 0. The van der Waals surface area contributed by atoms with Crippen molar-refractivity contribution >= 4 is 28.2 Å². The van der Waals surface area contributed by atoms with Crippen LogP contribution in [-0.2, 0) is 22.8 Å². The highest BCUT2D eigenvalue weighted by atomic mass is 32.3. The smallest absolute Gasteiger partial charge is 0.303 e. The monoisotopic (exact) mass is 324 g/mol. The Kier molecular flexibility index (Phi) is 5.90. The fourth-order valence-corrected chi connectivity index (χ4v) is 5.17.